The van der Waals surface area contributed by atoms with Gasteiger partial charge in [-0.15, -0.1) is 0 Å². The number of aromatic hydroxyl groups is 1. The summed E-state index contributed by atoms with van der Waals surface area (Å²) in [5.41, 5.74) is 3.82. The van der Waals surface area contributed by atoms with Gasteiger partial charge in [0.15, 0.2) is 11.4 Å². The number of fused-ring (bicyclic) bond motifs is 1. The molecule has 0 aliphatic carbocycles. The zero-order valence-corrected chi connectivity index (χ0v) is 12.9. The number of nitrogens with one attached hydrogen (secondary N) is 4. The van der Waals surface area contributed by atoms with Crippen LogP contribution in [0.15, 0.2) is 6.20 Å². The topological polar surface area (TPSA) is 141 Å². The van der Waals surface area contributed by atoms with Gasteiger partial charge in [0.2, 0.25) is 0 Å². The molecule has 0 fully saturated rings. The van der Waals surface area contributed by atoms with Crippen LogP contribution < -0.4 is 21.4 Å². The van der Waals surface area contributed by atoms with Crippen LogP contribution in [0, 0.1) is 0 Å². The molecule has 0 aliphatic rings. The fourth-order valence-electron chi connectivity index (χ4n) is 2.38. The van der Waals surface area contributed by atoms with Crippen LogP contribution in [0.3, 0.4) is 0 Å². The van der Waals surface area contributed by atoms with Gasteiger partial charge in [0, 0.05) is 21.1 Å². The van der Waals surface area contributed by atoms with Gasteiger partial charge in [0.25, 0.3) is 5.91 Å². The molecule has 2 aromatic heterocycles. The summed E-state index contributed by atoms with van der Waals surface area (Å²) in [4.78, 5) is 26.5. The Hall–Kier alpha value is -3.17. The van der Waals surface area contributed by atoms with Gasteiger partial charge in [0.1, 0.15) is 12.4 Å². The van der Waals surface area contributed by atoms with Crippen molar-refractivity contribution in [1.29, 1.82) is 0 Å². The fourth-order valence-corrected chi connectivity index (χ4v) is 2.38. The minimum Gasteiger partial charge on any atom is -0.505 e. The van der Waals surface area contributed by atoms with E-state index < -0.39 is 18.4 Å². The number of carboxylic acids is 1. The molecule has 0 aromatic carbocycles. The number of nitrogens with zero attached hydrogens (tertiary/aromatic N) is 2. The summed E-state index contributed by atoms with van der Waals surface area (Å²) < 4.78 is 1.66. The summed E-state index contributed by atoms with van der Waals surface area (Å²) >= 11 is 0. The number of pyridine rings is 1. The number of anilines is 2. The summed E-state index contributed by atoms with van der Waals surface area (Å²) in [7, 11) is 5.09. The van der Waals surface area contributed by atoms with Crippen molar-refractivity contribution in [2.24, 2.45) is 0 Å². The van der Waals surface area contributed by atoms with E-state index in [2.05, 4.69) is 26.4 Å². The molecule has 23 heavy (non-hydrogen) atoms. The Balaban J connectivity index is 2.62. The largest absolute Gasteiger partial charge is 0.505 e. The molecular formula is C13H18N6O4. The number of aliphatic carboxylic acids is 1. The van der Waals surface area contributed by atoms with Crippen molar-refractivity contribution in [3.63, 3.8) is 0 Å². The molecule has 0 aliphatic heterocycles. The molecule has 1 amide bonds. The molecule has 0 atom stereocenters. The molecule has 0 spiro atoms. The van der Waals surface area contributed by atoms with E-state index in [1.807, 2.05) is 0 Å². The van der Waals surface area contributed by atoms with Gasteiger partial charge in [-0.2, -0.15) is 0 Å². The predicted molar refractivity (Wildman–Crippen MR) is 85.7 cm³/mol. The number of carboxylic acid groups (broad SMARTS) is 1. The van der Waals surface area contributed by atoms with Crippen molar-refractivity contribution in [3.05, 3.63) is 11.9 Å². The Morgan fingerprint density at radius 1 is 1.26 bits per heavy atom. The molecule has 0 bridgehead atoms. The molecule has 2 aromatic rings. The lowest BCUT2D eigenvalue weighted by Crippen LogP contribution is -2.29. The van der Waals surface area contributed by atoms with Crippen molar-refractivity contribution in [2.45, 2.75) is 0 Å². The van der Waals surface area contributed by atoms with Crippen molar-refractivity contribution >= 4 is 34.3 Å². The highest BCUT2D eigenvalue weighted by Crippen LogP contribution is 2.40. The van der Waals surface area contributed by atoms with Gasteiger partial charge in [-0.25, -0.2) is 9.66 Å². The highest BCUT2D eigenvalue weighted by atomic mass is 16.4. The first kappa shape index (κ1) is 16.2. The number of rotatable bonds is 6. The minimum absolute atomic E-state index is 0.244. The first-order chi connectivity index (χ1) is 11.0. The molecule has 2 heterocycles. The van der Waals surface area contributed by atoms with Crippen molar-refractivity contribution in [2.75, 3.05) is 43.7 Å². The van der Waals surface area contributed by atoms with E-state index in [4.69, 9.17) is 5.11 Å². The highest BCUT2D eigenvalue weighted by Gasteiger charge is 2.24. The fraction of sp³-hybridized carbons (Fsp3) is 0.308. The normalized spacial score (nSPS) is 10.4. The van der Waals surface area contributed by atoms with Crippen LogP contribution in [-0.4, -0.2) is 59.4 Å². The maximum absolute atomic E-state index is 12.0. The molecule has 10 nitrogen and oxygen atoms in total. The average Bonchev–Trinajstić information content (AvgIpc) is 2.86. The van der Waals surface area contributed by atoms with Crippen molar-refractivity contribution < 1.29 is 19.8 Å². The van der Waals surface area contributed by atoms with Crippen LogP contribution in [0.2, 0.25) is 0 Å². The van der Waals surface area contributed by atoms with Crippen LogP contribution in [0.5, 0.6) is 5.75 Å². The average molecular weight is 322 g/mol. The van der Waals surface area contributed by atoms with Gasteiger partial charge >= 0.3 is 5.97 Å². The third-order valence-corrected chi connectivity index (χ3v) is 3.31. The Morgan fingerprint density at radius 3 is 2.48 bits per heavy atom. The second kappa shape index (κ2) is 6.30. The maximum Gasteiger partial charge on any atom is 0.322 e. The lowest BCUT2D eigenvalue weighted by atomic mass is 10.2. The SMILES string of the molecule is CNc1c(NC)n(NC)c2cnc(C(=O)NCC(=O)O)c(O)c12. The number of hydrogen-bond donors (Lipinski definition) is 6. The van der Waals surface area contributed by atoms with Crippen LogP contribution >= 0.6 is 0 Å². The zero-order chi connectivity index (χ0) is 17.1. The summed E-state index contributed by atoms with van der Waals surface area (Å²) in [6.07, 6.45) is 1.42. The van der Waals surface area contributed by atoms with Crippen molar-refractivity contribution in [3.8, 4) is 5.75 Å². The third kappa shape index (κ3) is 2.65. The monoisotopic (exact) mass is 322 g/mol. The Kier molecular flexibility index (Phi) is 4.44. The third-order valence-electron chi connectivity index (χ3n) is 3.31. The molecular weight excluding hydrogens is 304 g/mol. The van der Waals surface area contributed by atoms with Gasteiger partial charge in [-0.05, 0) is 0 Å². The number of amides is 1. The molecule has 10 heteroatoms. The van der Waals surface area contributed by atoms with E-state index in [-0.39, 0.29) is 11.4 Å². The smallest absolute Gasteiger partial charge is 0.322 e. The van der Waals surface area contributed by atoms with E-state index >= 15 is 0 Å². The highest BCUT2D eigenvalue weighted by molar-refractivity contribution is 6.09. The first-order valence-corrected chi connectivity index (χ1v) is 6.75. The van der Waals surface area contributed by atoms with Gasteiger partial charge in [0.05, 0.1) is 22.8 Å². The van der Waals surface area contributed by atoms with Crippen LogP contribution in [0.4, 0.5) is 11.5 Å². The van der Waals surface area contributed by atoms with Crippen LogP contribution in [-0.2, 0) is 4.79 Å². The van der Waals surface area contributed by atoms with Gasteiger partial charge in [-0.1, -0.05) is 0 Å². The summed E-state index contributed by atoms with van der Waals surface area (Å²) in [6, 6.07) is 0. The molecule has 124 valence electrons. The number of carbonyl (C=O) groups excluding carboxylic acids is 1. The molecule has 2 rings (SSSR count). The minimum atomic E-state index is -1.19. The van der Waals surface area contributed by atoms with E-state index in [1.165, 1.54) is 6.20 Å². The Bertz CT molecular complexity index is 770. The second-order valence-corrected chi connectivity index (χ2v) is 4.57. The van der Waals surface area contributed by atoms with Crippen LogP contribution in [0.1, 0.15) is 10.5 Å². The summed E-state index contributed by atoms with van der Waals surface area (Å²) in [5.74, 6) is -1.64. The molecule has 0 radical (unpaired) electrons. The zero-order valence-electron chi connectivity index (χ0n) is 12.9. The summed E-state index contributed by atoms with van der Waals surface area (Å²) in [6.45, 7) is -0.559. The standard InChI is InChI=1S/C13H18N6O4/c1-14-9-8-6(19(16-3)12(9)15-2)4-17-10(11(8)22)13(23)18-5-7(20)21/h4,14-16,22H,5H2,1-3H3,(H,18,23)(H,20,21). The summed E-state index contributed by atoms with van der Waals surface area (Å²) in [5, 5.41) is 27.6. The predicted octanol–water partition coefficient (Wildman–Crippen LogP) is -0.187. The lowest BCUT2D eigenvalue weighted by molar-refractivity contribution is -0.135. The second-order valence-electron chi connectivity index (χ2n) is 4.57. The van der Waals surface area contributed by atoms with Gasteiger partial charge < -0.3 is 31.6 Å². The van der Waals surface area contributed by atoms with Crippen LogP contribution in [0.25, 0.3) is 10.9 Å². The Labute approximate surface area is 131 Å². The number of aromatic nitrogens is 2. The molecule has 6 N–H and O–H groups in total. The van der Waals surface area contributed by atoms with E-state index in [1.54, 1.807) is 25.8 Å². The lowest BCUT2D eigenvalue weighted by Gasteiger charge is -2.09. The number of carbonyl (C=O) groups is 2. The maximum atomic E-state index is 12.0. The first-order valence-electron chi connectivity index (χ1n) is 6.75. The molecule has 0 saturated heterocycles. The molecule has 0 unspecified atom stereocenters. The number of hydrogen-bond acceptors (Lipinski definition) is 7. The van der Waals surface area contributed by atoms with Crippen molar-refractivity contribution in [1.82, 2.24) is 15.0 Å². The Morgan fingerprint density at radius 2 is 1.96 bits per heavy atom. The van der Waals surface area contributed by atoms with E-state index in [0.717, 1.165) is 0 Å². The van der Waals surface area contributed by atoms with Gasteiger partial charge in [-0.3, -0.25) is 9.59 Å². The van der Waals surface area contributed by atoms with E-state index in [9.17, 15) is 14.7 Å². The molecule has 0 saturated carbocycles. The van der Waals surface area contributed by atoms with E-state index in [0.29, 0.717) is 22.4 Å². The quantitative estimate of drug-likeness (QED) is 0.430.